The van der Waals surface area contributed by atoms with Crippen molar-refractivity contribution in [3.05, 3.63) is 46.9 Å². The predicted octanol–water partition coefficient (Wildman–Crippen LogP) is 1.54. The lowest BCUT2D eigenvalue weighted by molar-refractivity contribution is -0.135. The standard InChI is InChI=1S/C14H17FN2O3/c1-3-14(19,20)11-8(2)16-13(18)17-12(11)9-4-6-10(15)7-5-9/h4-7,12,19-20H,3H2,1-2H3,(H2,16,17,18). The van der Waals surface area contributed by atoms with Crippen LogP contribution in [0.4, 0.5) is 9.18 Å². The molecule has 0 saturated carbocycles. The summed E-state index contributed by atoms with van der Waals surface area (Å²) in [6.45, 7) is 3.22. The van der Waals surface area contributed by atoms with Crippen LogP contribution < -0.4 is 10.6 Å². The van der Waals surface area contributed by atoms with Crippen LogP contribution in [0.25, 0.3) is 0 Å². The third kappa shape index (κ3) is 2.66. The molecule has 1 aliphatic heterocycles. The Morgan fingerprint density at radius 2 is 1.90 bits per heavy atom. The molecule has 0 bridgehead atoms. The summed E-state index contributed by atoms with van der Waals surface area (Å²) in [5.41, 5.74) is 1.22. The van der Waals surface area contributed by atoms with E-state index in [4.69, 9.17) is 0 Å². The summed E-state index contributed by atoms with van der Waals surface area (Å²) in [6.07, 6.45) is 0.0644. The van der Waals surface area contributed by atoms with Gasteiger partial charge in [0.05, 0.1) is 6.04 Å². The molecular weight excluding hydrogens is 263 g/mol. The molecule has 0 aromatic heterocycles. The van der Waals surface area contributed by atoms with Crippen molar-refractivity contribution in [3.8, 4) is 0 Å². The fourth-order valence-electron chi connectivity index (χ4n) is 2.32. The number of allylic oxidation sites excluding steroid dienone is 1. The SMILES string of the molecule is CCC(O)(O)C1=C(C)NC(=O)NC1c1ccc(F)cc1. The van der Waals surface area contributed by atoms with Gasteiger partial charge in [-0.3, -0.25) is 0 Å². The summed E-state index contributed by atoms with van der Waals surface area (Å²) >= 11 is 0. The first-order valence-electron chi connectivity index (χ1n) is 6.34. The van der Waals surface area contributed by atoms with Crippen LogP contribution in [0.5, 0.6) is 0 Å². The van der Waals surface area contributed by atoms with Crippen molar-refractivity contribution in [1.82, 2.24) is 10.6 Å². The number of urea groups is 1. The van der Waals surface area contributed by atoms with Crippen LogP contribution in [0.2, 0.25) is 0 Å². The maximum atomic E-state index is 13.0. The Morgan fingerprint density at radius 3 is 2.45 bits per heavy atom. The number of hydrogen-bond donors (Lipinski definition) is 4. The van der Waals surface area contributed by atoms with E-state index >= 15 is 0 Å². The van der Waals surface area contributed by atoms with Crippen molar-refractivity contribution in [3.63, 3.8) is 0 Å². The summed E-state index contributed by atoms with van der Waals surface area (Å²) in [5.74, 6) is -2.45. The van der Waals surface area contributed by atoms with Crippen LogP contribution in [-0.2, 0) is 0 Å². The van der Waals surface area contributed by atoms with Crippen LogP contribution in [-0.4, -0.2) is 22.0 Å². The van der Waals surface area contributed by atoms with Gasteiger partial charge < -0.3 is 20.8 Å². The van der Waals surface area contributed by atoms with Gasteiger partial charge in [-0.25, -0.2) is 9.18 Å². The van der Waals surface area contributed by atoms with Gasteiger partial charge >= 0.3 is 6.03 Å². The van der Waals surface area contributed by atoms with E-state index in [1.54, 1.807) is 13.8 Å². The number of aliphatic hydroxyl groups is 2. The molecule has 0 fully saturated rings. The summed E-state index contributed by atoms with van der Waals surface area (Å²) in [6, 6.07) is 4.39. The second-order valence-electron chi connectivity index (χ2n) is 4.79. The van der Waals surface area contributed by atoms with Gasteiger partial charge in [0.1, 0.15) is 5.82 Å². The Hall–Kier alpha value is -1.92. The highest BCUT2D eigenvalue weighted by Crippen LogP contribution is 2.34. The lowest BCUT2D eigenvalue weighted by Crippen LogP contribution is -2.49. The second kappa shape index (κ2) is 5.22. The quantitative estimate of drug-likeness (QED) is 0.634. The Balaban J connectivity index is 2.50. The van der Waals surface area contributed by atoms with Gasteiger partial charge in [-0.2, -0.15) is 0 Å². The molecule has 5 nitrogen and oxygen atoms in total. The first kappa shape index (κ1) is 14.5. The lowest BCUT2D eigenvalue weighted by Gasteiger charge is -2.36. The van der Waals surface area contributed by atoms with E-state index in [-0.39, 0.29) is 12.0 Å². The zero-order chi connectivity index (χ0) is 14.9. The molecule has 1 aliphatic rings. The monoisotopic (exact) mass is 280 g/mol. The maximum absolute atomic E-state index is 13.0. The van der Waals surface area contributed by atoms with E-state index < -0.39 is 23.7 Å². The molecule has 1 atom stereocenters. The minimum Gasteiger partial charge on any atom is -0.362 e. The van der Waals surface area contributed by atoms with E-state index in [1.165, 1.54) is 24.3 Å². The van der Waals surface area contributed by atoms with Crippen molar-refractivity contribution in [1.29, 1.82) is 0 Å². The number of carbonyl (C=O) groups is 1. The Morgan fingerprint density at radius 1 is 1.30 bits per heavy atom. The predicted molar refractivity (Wildman–Crippen MR) is 71.0 cm³/mol. The molecule has 0 aliphatic carbocycles. The topological polar surface area (TPSA) is 81.6 Å². The maximum Gasteiger partial charge on any atom is 0.319 e. The second-order valence-corrected chi connectivity index (χ2v) is 4.79. The summed E-state index contributed by atoms with van der Waals surface area (Å²) < 4.78 is 13.0. The molecule has 1 aromatic rings. The van der Waals surface area contributed by atoms with Crippen LogP contribution in [0.15, 0.2) is 35.5 Å². The molecule has 1 heterocycles. The van der Waals surface area contributed by atoms with E-state index in [1.807, 2.05) is 0 Å². The van der Waals surface area contributed by atoms with Crippen LogP contribution in [0, 0.1) is 5.82 Å². The first-order chi connectivity index (χ1) is 9.35. The molecule has 1 unspecified atom stereocenters. The van der Waals surface area contributed by atoms with Crippen LogP contribution in [0.1, 0.15) is 31.9 Å². The van der Waals surface area contributed by atoms with Gasteiger partial charge in [-0.1, -0.05) is 19.1 Å². The van der Waals surface area contributed by atoms with Crippen molar-refractivity contribution in [2.24, 2.45) is 0 Å². The summed E-state index contributed by atoms with van der Waals surface area (Å²) in [4.78, 5) is 11.6. The van der Waals surface area contributed by atoms with E-state index in [2.05, 4.69) is 10.6 Å². The highest BCUT2D eigenvalue weighted by Gasteiger charge is 2.38. The number of halogens is 1. The molecule has 1 aromatic carbocycles. The highest BCUT2D eigenvalue weighted by molar-refractivity contribution is 5.79. The third-order valence-corrected chi connectivity index (χ3v) is 3.40. The van der Waals surface area contributed by atoms with Crippen LogP contribution >= 0.6 is 0 Å². The average Bonchev–Trinajstić information content (AvgIpc) is 2.38. The fraction of sp³-hybridized carbons (Fsp3) is 0.357. The normalized spacial score (nSPS) is 19.6. The fourth-order valence-corrected chi connectivity index (χ4v) is 2.32. The van der Waals surface area contributed by atoms with Gasteiger partial charge in [-0.05, 0) is 24.6 Å². The number of carbonyl (C=O) groups excluding carboxylic acids is 1. The van der Waals surface area contributed by atoms with Crippen molar-refractivity contribution in [2.75, 3.05) is 0 Å². The largest absolute Gasteiger partial charge is 0.362 e. The zero-order valence-electron chi connectivity index (χ0n) is 11.3. The van der Waals surface area contributed by atoms with Crippen molar-refractivity contribution < 1.29 is 19.4 Å². The Kier molecular flexibility index (Phi) is 3.78. The number of hydrogen-bond acceptors (Lipinski definition) is 3. The number of rotatable bonds is 3. The Labute approximate surface area is 116 Å². The Bertz CT molecular complexity index is 552. The van der Waals surface area contributed by atoms with Gasteiger partial charge in [-0.15, -0.1) is 0 Å². The van der Waals surface area contributed by atoms with Gasteiger partial charge in [0.15, 0.2) is 5.79 Å². The molecule has 20 heavy (non-hydrogen) atoms. The smallest absolute Gasteiger partial charge is 0.319 e. The molecule has 2 amide bonds. The average molecular weight is 280 g/mol. The number of nitrogens with one attached hydrogen (secondary N) is 2. The molecule has 4 N–H and O–H groups in total. The minimum atomic E-state index is -2.05. The molecule has 6 heteroatoms. The molecule has 0 saturated heterocycles. The van der Waals surface area contributed by atoms with E-state index in [0.717, 1.165) is 0 Å². The highest BCUT2D eigenvalue weighted by atomic mass is 19.1. The van der Waals surface area contributed by atoms with Crippen molar-refractivity contribution in [2.45, 2.75) is 32.1 Å². The molecule has 0 radical (unpaired) electrons. The third-order valence-electron chi connectivity index (χ3n) is 3.40. The van der Waals surface area contributed by atoms with Gasteiger partial charge in [0, 0.05) is 17.7 Å². The van der Waals surface area contributed by atoms with E-state index in [9.17, 15) is 19.4 Å². The number of benzene rings is 1. The summed E-state index contributed by atoms with van der Waals surface area (Å²) in [7, 11) is 0. The number of amides is 2. The van der Waals surface area contributed by atoms with Gasteiger partial charge in [0.2, 0.25) is 0 Å². The molecular formula is C14H17FN2O3. The molecule has 0 spiro atoms. The van der Waals surface area contributed by atoms with Crippen molar-refractivity contribution >= 4 is 6.03 Å². The van der Waals surface area contributed by atoms with E-state index in [0.29, 0.717) is 11.3 Å². The first-order valence-corrected chi connectivity index (χ1v) is 6.34. The summed E-state index contributed by atoms with van der Waals surface area (Å²) in [5, 5.41) is 25.4. The van der Waals surface area contributed by atoms with Gasteiger partial charge in [0.25, 0.3) is 0 Å². The molecule has 108 valence electrons. The minimum absolute atomic E-state index is 0.0644. The molecule has 2 rings (SSSR count). The van der Waals surface area contributed by atoms with Crippen LogP contribution in [0.3, 0.4) is 0 Å². The lowest BCUT2D eigenvalue weighted by atomic mass is 9.88. The zero-order valence-corrected chi connectivity index (χ0v) is 11.3.